The van der Waals surface area contributed by atoms with Gasteiger partial charge < -0.3 is 10.4 Å². The highest BCUT2D eigenvalue weighted by atomic mass is 19.4. The zero-order chi connectivity index (χ0) is 13.9. The summed E-state index contributed by atoms with van der Waals surface area (Å²) in [6.45, 7) is 3.25. The van der Waals surface area contributed by atoms with E-state index in [1.165, 1.54) is 0 Å². The maximum absolute atomic E-state index is 12.4. The number of carboxylic acid groups (broad SMARTS) is 1. The minimum atomic E-state index is -4.59. The molecular weight excluding hydrogens is 251 g/mol. The van der Waals surface area contributed by atoms with E-state index in [0.717, 1.165) is 12.3 Å². The van der Waals surface area contributed by atoms with Crippen LogP contribution in [0.5, 0.6) is 0 Å². The summed E-state index contributed by atoms with van der Waals surface area (Å²) in [4.78, 5) is 17.7. The summed E-state index contributed by atoms with van der Waals surface area (Å²) in [5.41, 5.74) is -1.12. The highest BCUT2D eigenvalue weighted by molar-refractivity contribution is 5.76. The second-order valence-corrected chi connectivity index (χ2v) is 3.97. The molecule has 5 nitrogen and oxygen atoms in total. The molecule has 2 N–H and O–H groups in total. The number of nitrogens with zero attached hydrogens (tertiary/aromatic N) is 2. The number of alkyl halides is 3. The fourth-order valence-electron chi connectivity index (χ4n) is 1.24. The lowest BCUT2D eigenvalue weighted by Gasteiger charge is -2.18. The van der Waals surface area contributed by atoms with Crippen molar-refractivity contribution >= 4 is 11.9 Å². The van der Waals surface area contributed by atoms with Crippen LogP contribution in [0.3, 0.4) is 0 Å². The molecule has 0 aliphatic carbocycles. The van der Waals surface area contributed by atoms with Crippen LogP contribution in [0.1, 0.15) is 19.5 Å². The number of aliphatic carboxylic acids is 1. The number of nitrogens with one attached hydrogen (secondary N) is 1. The van der Waals surface area contributed by atoms with Crippen molar-refractivity contribution in [1.29, 1.82) is 0 Å². The van der Waals surface area contributed by atoms with E-state index in [1.54, 1.807) is 13.8 Å². The molecule has 1 aromatic heterocycles. The Kier molecular flexibility index (Phi) is 4.10. The Morgan fingerprint density at radius 1 is 1.44 bits per heavy atom. The van der Waals surface area contributed by atoms with E-state index in [-0.39, 0.29) is 11.9 Å². The first kappa shape index (κ1) is 14.2. The first-order valence-electron chi connectivity index (χ1n) is 5.11. The molecule has 8 heteroatoms. The van der Waals surface area contributed by atoms with E-state index in [2.05, 4.69) is 15.3 Å². The molecule has 0 bridgehead atoms. The predicted molar refractivity (Wildman–Crippen MR) is 56.9 cm³/mol. The Morgan fingerprint density at radius 2 is 2.06 bits per heavy atom. The third-order valence-electron chi connectivity index (χ3n) is 2.16. The maximum atomic E-state index is 12.4. The number of carboxylic acids is 1. The zero-order valence-electron chi connectivity index (χ0n) is 9.69. The van der Waals surface area contributed by atoms with Crippen molar-refractivity contribution in [1.82, 2.24) is 9.97 Å². The van der Waals surface area contributed by atoms with Crippen LogP contribution in [0.4, 0.5) is 19.1 Å². The average Bonchev–Trinajstić information content (AvgIpc) is 2.24. The molecule has 0 spiro atoms. The number of hydrogen-bond acceptors (Lipinski definition) is 4. The van der Waals surface area contributed by atoms with Gasteiger partial charge in [0.15, 0.2) is 0 Å². The van der Waals surface area contributed by atoms with Crippen molar-refractivity contribution in [3.8, 4) is 0 Å². The van der Waals surface area contributed by atoms with Gasteiger partial charge in [0, 0.05) is 6.20 Å². The molecule has 18 heavy (non-hydrogen) atoms. The first-order chi connectivity index (χ1) is 8.21. The van der Waals surface area contributed by atoms with Crippen molar-refractivity contribution in [2.24, 2.45) is 5.92 Å². The van der Waals surface area contributed by atoms with Crippen molar-refractivity contribution in [3.05, 3.63) is 18.0 Å². The summed E-state index contributed by atoms with van der Waals surface area (Å²) in [5.74, 6) is -1.85. The Morgan fingerprint density at radius 3 is 2.50 bits per heavy atom. The molecule has 0 radical (unpaired) electrons. The summed E-state index contributed by atoms with van der Waals surface area (Å²) in [5, 5.41) is 11.3. The fraction of sp³-hybridized carbons (Fsp3) is 0.500. The van der Waals surface area contributed by atoms with Crippen molar-refractivity contribution in [3.63, 3.8) is 0 Å². The van der Waals surface area contributed by atoms with Crippen molar-refractivity contribution in [2.75, 3.05) is 5.32 Å². The van der Waals surface area contributed by atoms with E-state index >= 15 is 0 Å². The Balaban J connectivity index is 2.94. The molecule has 1 aromatic rings. The molecule has 0 aromatic carbocycles. The van der Waals surface area contributed by atoms with Crippen molar-refractivity contribution in [2.45, 2.75) is 26.1 Å². The lowest BCUT2D eigenvalue weighted by molar-refractivity contribution is -0.141. The molecule has 0 aliphatic rings. The molecule has 0 fully saturated rings. The monoisotopic (exact) mass is 263 g/mol. The third kappa shape index (κ3) is 3.57. The standard InChI is InChI=1S/C10H12F3N3O2/c1-5(2)7(8(17)18)16-9-14-4-3-6(15-9)10(11,12)13/h3-5,7H,1-2H3,(H,17,18)(H,14,15,16)/t7-/m0/s1. The largest absolute Gasteiger partial charge is 0.480 e. The van der Waals surface area contributed by atoms with E-state index in [9.17, 15) is 18.0 Å². The minimum absolute atomic E-state index is 0.319. The lowest BCUT2D eigenvalue weighted by atomic mass is 10.1. The molecule has 1 heterocycles. The Hall–Kier alpha value is -1.86. The second kappa shape index (κ2) is 5.19. The van der Waals surface area contributed by atoms with Gasteiger partial charge in [-0.05, 0) is 12.0 Å². The number of rotatable bonds is 4. The van der Waals surface area contributed by atoms with Crippen LogP contribution in [0.25, 0.3) is 0 Å². The van der Waals surface area contributed by atoms with Crippen LogP contribution in [0, 0.1) is 5.92 Å². The quantitative estimate of drug-likeness (QED) is 0.869. The molecule has 1 atom stereocenters. The second-order valence-electron chi connectivity index (χ2n) is 3.97. The van der Waals surface area contributed by atoms with Gasteiger partial charge >= 0.3 is 12.1 Å². The van der Waals surface area contributed by atoms with Crippen LogP contribution in [0.2, 0.25) is 0 Å². The number of hydrogen-bond donors (Lipinski definition) is 2. The highest BCUT2D eigenvalue weighted by Gasteiger charge is 2.33. The van der Waals surface area contributed by atoms with Gasteiger partial charge in [0.05, 0.1) is 0 Å². The van der Waals surface area contributed by atoms with Gasteiger partial charge in [-0.2, -0.15) is 13.2 Å². The Labute approximate surface area is 101 Å². The summed E-state index contributed by atoms with van der Waals surface area (Å²) in [7, 11) is 0. The molecule has 0 saturated carbocycles. The number of carbonyl (C=O) groups is 1. The van der Waals surface area contributed by atoms with Crippen LogP contribution in [-0.4, -0.2) is 27.1 Å². The fourth-order valence-corrected chi connectivity index (χ4v) is 1.24. The SMILES string of the molecule is CC(C)[C@H](Nc1nccc(C(F)(F)F)n1)C(=O)O. The number of halogens is 3. The van der Waals surface area contributed by atoms with Gasteiger partial charge in [-0.15, -0.1) is 0 Å². The van der Waals surface area contributed by atoms with Gasteiger partial charge in [0.25, 0.3) is 0 Å². The molecule has 1 rings (SSSR count). The van der Waals surface area contributed by atoms with Gasteiger partial charge in [-0.3, -0.25) is 0 Å². The van der Waals surface area contributed by atoms with Crippen LogP contribution < -0.4 is 5.32 Å². The maximum Gasteiger partial charge on any atom is 0.433 e. The molecular formula is C10H12F3N3O2. The smallest absolute Gasteiger partial charge is 0.433 e. The molecule has 100 valence electrons. The van der Waals surface area contributed by atoms with Gasteiger partial charge in [0.1, 0.15) is 11.7 Å². The zero-order valence-corrected chi connectivity index (χ0v) is 9.69. The average molecular weight is 263 g/mol. The summed E-state index contributed by atoms with van der Waals surface area (Å²) < 4.78 is 37.2. The summed E-state index contributed by atoms with van der Waals surface area (Å²) in [6, 6.07) is -0.329. The predicted octanol–water partition coefficient (Wildman–Crippen LogP) is 2.02. The first-order valence-corrected chi connectivity index (χ1v) is 5.11. The van der Waals surface area contributed by atoms with Crippen molar-refractivity contribution < 1.29 is 23.1 Å². The van der Waals surface area contributed by atoms with Gasteiger partial charge in [-0.25, -0.2) is 14.8 Å². The molecule has 0 amide bonds. The van der Waals surface area contributed by atoms with E-state index < -0.39 is 23.9 Å². The Bertz CT molecular complexity index is 435. The topological polar surface area (TPSA) is 75.1 Å². The highest BCUT2D eigenvalue weighted by Crippen LogP contribution is 2.27. The summed E-state index contributed by atoms with van der Waals surface area (Å²) >= 11 is 0. The van der Waals surface area contributed by atoms with E-state index in [4.69, 9.17) is 5.11 Å². The van der Waals surface area contributed by atoms with E-state index in [0.29, 0.717) is 0 Å². The normalized spacial score (nSPS) is 13.4. The van der Waals surface area contributed by atoms with E-state index in [1.807, 2.05) is 0 Å². The summed E-state index contributed by atoms with van der Waals surface area (Å²) in [6.07, 6.45) is -3.66. The van der Waals surface area contributed by atoms with Gasteiger partial charge in [0.2, 0.25) is 5.95 Å². The van der Waals surface area contributed by atoms with Crippen LogP contribution in [0.15, 0.2) is 12.3 Å². The van der Waals surface area contributed by atoms with Gasteiger partial charge in [-0.1, -0.05) is 13.8 Å². The lowest BCUT2D eigenvalue weighted by Crippen LogP contribution is -2.35. The third-order valence-corrected chi connectivity index (χ3v) is 2.16. The number of aromatic nitrogens is 2. The molecule has 0 saturated heterocycles. The van der Waals surface area contributed by atoms with Crippen LogP contribution >= 0.6 is 0 Å². The van der Waals surface area contributed by atoms with Crippen LogP contribution in [-0.2, 0) is 11.0 Å². The molecule has 0 aliphatic heterocycles. The number of anilines is 1. The molecule has 0 unspecified atom stereocenters. The minimum Gasteiger partial charge on any atom is -0.480 e.